The standard InChI is InChI=1S/C18H23N5O3/c1-4-5-8-26-17(25)11-20-16(24)7-6-15-12(2)22-18-14(9-19)10-21-23(18)13(15)3/h10H,4-8,11H2,1-3H3,(H,20,24). The second kappa shape index (κ2) is 8.94. The first-order chi connectivity index (χ1) is 12.5. The topological polar surface area (TPSA) is 109 Å². The number of amides is 1. The molecule has 2 heterocycles. The van der Waals surface area contributed by atoms with Crippen LogP contribution in [0.15, 0.2) is 6.20 Å². The number of hydrogen-bond donors (Lipinski definition) is 1. The summed E-state index contributed by atoms with van der Waals surface area (Å²) in [6, 6.07) is 2.07. The Labute approximate surface area is 152 Å². The van der Waals surface area contributed by atoms with E-state index in [-0.39, 0.29) is 18.9 Å². The Morgan fingerprint density at radius 2 is 2.15 bits per heavy atom. The van der Waals surface area contributed by atoms with Crippen LogP contribution in [-0.2, 0) is 20.7 Å². The molecule has 0 bridgehead atoms. The van der Waals surface area contributed by atoms with Gasteiger partial charge in [-0.3, -0.25) is 9.59 Å². The first-order valence-corrected chi connectivity index (χ1v) is 8.64. The lowest BCUT2D eigenvalue weighted by Crippen LogP contribution is -2.31. The number of fused-ring (bicyclic) bond motifs is 1. The molecular formula is C18H23N5O3. The van der Waals surface area contributed by atoms with E-state index < -0.39 is 5.97 Å². The number of rotatable bonds is 8. The monoisotopic (exact) mass is 357 g/mol. The largest absolute Gasteiger partial charge is 0.464 e. The Kier molecular flexibility index (Phi) is 6.67. The normalized spacial score (nSPS) is 10.5. The predicted molar refractivity (Wildman–Crippen MR) is 94.4 cm³/mol. The molecule has 8 heteroatoms. The summed E-state index contributed by atoms with van der Waals surface area (Å²) in [5.41, 5.74) is 3.46. The van der Waals surface area contributed by atoms with Gasteiger partial charge in [0.15, 0.2) is 5.65 Å². The highest BCUT2D eigenvalue weighted by Gasteiger charge is 2.15. The molecule has 0 aliphatic rings. The molecule has 2 rings (SSSR count). The predicted octanol–water partition coefficient (Wildman–Crippen LogP) is 1.61. The smallest absolute Gasteiger partial charge is 0.325 e. The number of nitrogens with one attached hydrogen (secondary N) is 1. The fraction of sp³-hybridized carbons (Fsp3) is 0.500. The lowest BCUT2D eigenvalue weighted by atomic mass is 10.1. The summed E-state index contributed by atoms with van der Waals surface area (Å²) >= 11 is 0. The van der Waals surface area contributed by atoms with Gasteiger partial charge in [-0.2, -0.15) is 10.4 Å². The van der Waals surface area contributed by atoms with Crippen LogP contribution in [0.1, 0.15) is 48.7 Å². The molecule has 2 aromatic rings. The molecule has 0 radical (unpaired) electrons. The molecule has 0 saturated carbocycles. The van der Waals surface area contributed by atoms with Crippen LogP contribution >= 0.6 is 0 Å². The SMILES string of the molecule is CCCCOC(=O)CNC(=O)CCc1c(C)nc2c(C#N)cnn2c1C. The minimum atomic E-state index is -0.428. The van der Waals surface area contributed by atoms with Crippen LogP contribution in [0.25, 0.3) is 5.65 Å². The zero-order chi connectivity index (χ0) is 19.1. The van der Waals surface area contributed by atoms with E-state index in [2.05, 4.69) is 21.5 Å². The van der Waals surface area contributed by atoms with Gasteiger partial charge in [0.1, 0.15) is 18.2 Å². The van der Waals surface area contributed by atoms with Crippen molar-refractivity contribution in [1.82, 2.24) is 19.9 Å². The van der Waals surface area contributed by atoms with E-state index in [1.165, 1.54) is 6.20 Å². The summed E-state index contributed by atoms with van der Waals surface area (Å²) in [6.45, 7) is 6.00. The van der Waals surface area contributed by atoms with Crippen molar-refractivity contribution in [2.45, 2.75) is 46.5 Å². The van der Waals surface area contributed by atoms with Gasteiger partial charge < -0.3 is 10.1 Å². The van der Waals surface area contributed by atoms with Crippen LogP contribution in [0, 0.1) is 25.2 Å². The third kappa shape index (κ3) is 4.57. The quantitative estimate of drug-likeness (QED) is 0.568. The summed E-state index contributed by atoms with van der Waals surface area (Å²) < 4.78 is 6.61. The van der Waals surface area contributed by atoms with Gasteiger partial charge in [0.05, 0.1) is 12.8 Å². The number of aryl methyl sites for hydroxylation is 2. The summed E-state index contributed by atoms with van der Waals surface area (Å²) in [5.74, 6) is -0.655. The maximum Gasteiger partial charge on any atom is 0.325 e. The highest BCUT2D eigenvalue weighted by molar-refractivity contribution is 5.82. The number of esters is 1. The molecule has 0 aliphatic carbocycles. The van der Waals surface area contributed by atoms with Gasteiger partial charge >= 0.3 is 5.97 Å². The van der Waals surface area contributed by atoms with Gasteiger partial charge in [-0.05, 0) is 32.3 Å². The number of nitriles is 1. The van der Waals surface area contributed by atoms with Crippen molar-refractivity contribution < 1.29 is 14.3 Å². The van der Waals surface area contributed by atoms with E-state index in [1.54, 1.807) is 4.52 Å². The second-order valence-electron chi connectivity index (χ2n) is 6.02. The first kappa shape index (κ1) is 19.4. The number of unbranched alkanes of at least 4 members (excludes halogenated alkanes) is 1. The Bertz CT molecular complexity index is 851. The maximum atomic E-state index is 12.0. The van der Waals surface area contributed by atoms with Crippen molar-refractivity contribution in [3.8, 4) is 6.07 Å². The van der Waals surface area contributed by atoms with E-state index in [1.807, 2.05) is 20.8 Å². The molecule has 0 saturated heterocycles. The molecule has 1 amide bonds. The summed E-state index contributed by atoms with van der Waals surface area (Å²) in [5, 5.41) is 15.8. The molecule has 0 atom stereocenters. The third-order valence-corrected chi connectivity index (χ3v) is 4.12. The van der Waals surface area contributed by atoms with Crippen LogP contribution in [0.2, 0.25) is 0 Å². The first-order valence-electron chi connectivity index (χ1n) is 8.64. The minimum Gasteiger partial charge on any atom is -0.464 e. The average molecular weight is 357 g/mol. The van der Waals surface area contributed by atoms with E-state index in [9.17, 15) is 9.59 Å². The highest BCUT2D eigenvalue weighted by atomic mass is 16.5. The molecule has 2 aromatic heterocycles. The van der Waals surface area contributed by atoms with Gasteiger partial charge in [0.2, 0.25) is 5.91 Å². The van der Waals surface area contributed by atoms with Gasteiger partial charge in [0, 0.05) is 17.8 Å². The molecule has 26 heavy (non-hydrogen) atoms. The van der Waals surface area contributed by atoms with Crippen LogP contribution in [0.3, 0.4) is 0 Å². The lowest BCUT2D eigenvalue weighted by molar-refractivity contribution is -0.144. The summed E-state index contributed by atoms with van der Waals surface area (Å²) in [6.07, 6.45) is 3.94. The fourth-order valence-electron chi connectivity index (χ4n) is 2.63. The van der Waals surface area contributed by atoms with Crippen molar-refractivity contribution >= 4 is 17.5 Å². The van der Waals surface area contributed by atoms with Crippen LogP contribution in [0.4, 0.5) is 0 Å². The number of ether oxygens (including phenoxy) is 1. The Hall–Kier alpha value is -2.95. The molecule has 0 fully saturated rings. The minimum absolute atomic E-state index is 0.123. The zero-order valence-corrected chi connectivity index (χ0v) is 15.3. The lowest BCUT2D eigenvalue weighted by Gasteiger charge is -2.11. The molecule has 0 spiro atoms. The molecule has 8 nitrogen and oxygen atoms in total. The van der Waals surface area contributed by atoms with Crippen molar-refractivity contribution in [2.24, 2.45) is 0 Å². The number of nitrogens with zero attached hydrogens (tertiary/aromatic N) is 4. The summed E-state index contributed by atoms with van der Waals surface area (Å²) in [7, 11) is 0. The molecule has 0 aliphatic heterocycles. The third-order valence-electron chi connectivity index (χ3n) is 4.12. The van der Waals surface area contributed by atoms with Crippen LogP contribution < -0.4 is 5.32 Å². The van der Waals surface area contributed by atoms with Gasteiger partial charge in [0.25, 0.3) is 0 Å². The number of carbonyl (C=O) groups excluding carboxylic acids is 2. The average Bonchev–Trinajstić information content (AvgIpc) is 3.03. The fourth-order valence-corrected chi connectivity index (χ4v) is 2.63. The van der Waals surface area contributed by atoms with E-state index in [0.29, 0.717) is 24.2 Å². The maximum absolute atomic E-state index is 12.0. The summed E-state index contributed by atoms with van der Waals surface area (Å²) in [4.78, 5) is 27.9. The van der Waals surface area contributed by atoms with Crippen molar-refractivity contribution in [2.75, 3.05) is 13.2 Å². The number of carbonyl (C=O) groups is 2. The molecule has 138 valence electrons. The van der Waals surface area contributed by atoms with Crippen LogP contribution in [0.5, 0.6) is 0 Å². The number of aromatic nitrogens is 3. The highest BCUT2D eigenvalue weighted by Crippen LogP contribution is 2.18. The van der Waals surface area contributed by atoms with Crippen molar-refractivity contribution in [3.05, 3.63) is 28.7 Å². The van der Waals surface area contributed by atoms with E-state index in [4.69, 9.17) is 10.00 Å². The molecule has 0 aromatic carbocycles. The number of hydrogen-bond acceptors (Lipinski definition) is 6. The molecule has 1 N–H and O–H groups in total. The van der Waals surface area contributed by atoms with E-state index in [0.717, 1.165) is 29.8 Å². The Morgan fingerprint density at radius 1 is 1.38 bits per heavy atom. The van der Waals surface area contributed by atoms with Gasteiger partial charge in [-0.25, -0.2) is 9.50 Å². The second-order valence-corrected chi connectivity index (χ2v) is 6.02. The van der Waals surface area contributed by atoms with Crippen LogP contribution in [-0.4, -0.2) is 39.6 Å². The Balaban J connectivity index is 1.94. The molecule has 0 unspecified atom stereocenters. The van der Waals surface area contributed by atoms with Gasteiger partial charge in [-0.1, -0.05) is 13.3 Å². The zero-order valence-electron chi connectivity index (χ0n) is 15.3. The Morgan fingerprint density at radius 3 is 2.85 bits per heavy atom. The van der Waals surface area contributed by atoms with Crippen molar-refractivity contribution in [1.29, 1.82) is 5.26 Å². The van der Waals surface area contributed by atoms with Gasteiger partial charge in [-0.15, -0.1) is 0 Å². The van der Waals surface area contributed by atoms with E-state index >= 15 is 0 Å². The molecular weight excluding hydrogens is 334 g/mol. The van der Waals surface area contributed by atoms with Crippen molar-refractivity contribution in [3.63, 3.8) is 0 Å².